The summed E-state index contributed by atoms with van der Waals surface area (Å²) < 4.78 is 5.04. The van der Waals surface area contributed by atoms with Gasteiger partial charge in [0.2, 0.25) is 5.88 Å². The maximum absolute atomic E-state index is 5.04. The molecule has 0 aliphatic heterocycles. The lowest BCUT2D eigenvalue weighted by atomic mass is 10.2. The van der Waals surface area contributed by atoms with Gasteiger partial charge in [-0.25, -0.2) is 0 Å². The van der Waals surface area contributed by atoms with Crippen molar-refractivity contribution in [3.8, 4) is 5.88 Å². The predicted octanol–water partition coefficient (Wildman–Crippen LogP) is 0.777. The van der Waals surface area contributed by atoms with Gasteiger partial charge in [0.05, 0.1) is 19.5 Å². The minimum absolute atomic E-state index is 0.547. The third-order valence-electron chi connectivity index (χ3n) is 2.34. The van der Waals surface area contributed by atoms with Gasteiger partial charge in [0.25, 0.3) is 0 Å². The number of rotatable bonds is 6. The fraction of sp³-hybridized carbons (Fsp3) is 0.636. The molecule has 0 fully saturated rings. The van der Waals surface area contributed by atoms with Gasteiger partial charge in [0.1, 0.15) is 0 Å². The zero-order chi connectivity index (χ0) is 12.0. The van der Waals surface area contributed by atoms with Crippen molar-refractivity contribution in [3.05, 3.63) is 12.4 Å². The Bertz CT molecular complexity index is 319. The van der Waals surface area contributed by atoms with Crippen LogP contribution < -0.4 is 15.0 Å². The van der Waals surface area contributed by atoms with Gasteiger partial charge in [-0.05, 0) is 19.5 Å². The number of hydrogen-bond acceptors (Lipinski definition) is 5. The quantitative estimate of drug-likeness (QED) is 0.773. The highest BCUT2D eigenvalue weighted by Gasteiger charge is 2.08. The van der Waals surface area contributed by atoms with E-state index in [-0.39, 0.29) is 0 Å². The van der Waals surface area contributed by atoms with Gasteiger partial charge in [-0.1, -0.05) is 6.92 Å². The van der Waals surface area contributed by atoms with Crippen molar-refractivity contribution in [2.45, 2.75) is 6.92 Å². The molecule has 90 valence electrons. The van der Waals surface area contributed by atoms with E-state index < -0.39 is 0 Å². The average Bonchev–Trinajstić information content (AvgIpc) is 2.29. The van der Waals surface area contributed by atoms with E-state index in [9.17, 15) is 0 Å². The summed E-state index contributed by atoms with van der Waals surface area (Å²) in [4.78, 5) is 10.5. The molecule has 0 bridgehead atoms. The van der Waals surface area contributed by atoms with Crippen LogP contribution in [-0.4, -0.2) is 44.3 Å². The van der Waals surface area contributed by atoms with Crippen LogP contribution in [0.15, 0.2) is 12.4 Å². The van der Waals surface area contributed by atoms with Crippen LogP contribution in [0.4, 0.5) is 5.82 Å². The molecule has 0 saturated carbocycles. The van der Waals surface area contributed by atoms with E-state index in [4.69, 9.17) is 4.74 Å². The number of nitrogens with zero attached hydrogens (tertiary/aromatic N) is 3. The minimum Gasteiger partial charge on any atom is -0.480 e. The lowest BCUT2D eigenvalue weighted by Crippen LogP contribution is -2.30. The van der Waals surface area contributed by atoms with Crippen LogP contribution in [0.2, 0.25) is 0 Å². The lowest BCUT2D eigenvalue weighted by molar-refractivity contribution is 0.395. The third-order valence-corrected chi connectivity index (χ3v) is 2.34. The van der Waals surface area contributed by atoms with Crippen molar-refractivity contribution in [1.82, 2.24) is 15.3 Å². The highest BCUT2D eigenvalue weighted by molar-refractivity contribution is 5.36. The zero-order valence-electron chi connectivity index (χ0n) is 10.4. The van der Waals surface area contributed by atoms with E-state index in [1.165, 1.54) is 0 Å². The van der Waals surface area contributed by atoms with E-state index >= 15 is 0 Å². The Hall–Kier alpha value is -1.36. The third kappa shape index (κ3) is 3.66. The van der Waals surface area contributed by atoms with E-state index in [1.807, 2.05) is 14.1 Å². The molecule has 0 amide bonds. The molecule has 0 radical (unpaired) electrons. The number of nitrogens with one attached hydrogen (secondary N) is 1. The second-order valence-corrected chi connectivity index (χ2v) is 3.96. The Morgan fingerprint density at radius 3 is 2.88 bits per heavy atom. The van der Waals surface area contributed by atoms with Crippen molar-refractivity contribution < 1.29 is 4.74 Å². The maximum Gasteiger partial charge on any atom is 0.233 e. The molecule has 0 spiro atoms. The molecule has 16 heavy (non-hydrogen) atoms. The van der Waals surface area contributed by atoms with Crippen LogP contribution in [-0.2, 0) is 0 Å². The van der Waals surface area contributed by atoms with Gasteiger partial charge in [-0.2, -0.15) is 4.98 Å². The van der Waals surface area contributed by atoms with Crippen molar-refractivity contribution in [3.63, 3.8) is 0 Å². The molecule has 1 unspecified atom stereocenters. The van der Waals surface area contributed by atoms with Crippen molar-refractivity contribution >= 4 is 5.82 Å². The molecule has 0 aliphatic rings. The Kier molecular flexibility index (Phi) is 4.98. The summed E-state index contributed by atoms with van der Waals surface area (Å²) >= 11 is 0. The summed E-state index contributed by atoms with van der Waals surface area (Å²) in [5, 5.41) is 3.16. The van der Waals surface area contributed by atoms with Crippen LogP contribution in [0, 0.1) is 5.92 Å². The van der Waals surface area contributed by atoms with Gasteiger partial charge in [-0.3, -0.25) is 4.98 Å². The number of hydrogen-bond donors (Lipinski definition) is 1. The largest absolute Gasteiger partial charge is 0.480 e. The molecule has 1 heterocycles. The number of ether oxygens (including phenoxy) is 1. The van der Waals surface area contributed by atoms with Gasteiger partial charge in [0.15, 0.2) is 5.82 Å². The fourth-order valence-electron chi connectivity index (χ4n) is 1.59. The normalized spacial score (nSPS) is 12.2. The predicted molar refractivity (Wildman–Crippen MR) is 64.9 cm³/mol. The highest BCUT2D eigenvalue weighted by Crippen LogP contribution is 2.13. The summed E-state index contributed by atoms with van der Waals surface area (Å²) in [5.41, 5.74) is 0. The summed E-state index contributed by atoms with van der Waals surface area (Å²) in [6, 6.07) is 0. The van der Waals surface area contributed by atoms with Crippen molar-refractivity contribution in [2.75, 3.05) is 39.2 Å². The Balaban J connectivity index is 2.61. The minimum atomic E-state index is 0.547. The number of aromatic nitrogens is 2. The second-order valence-electron chi connectivity index (χ2n) is 3.96. The van der Waals surface area contributed by atoms with E-state index in [0.29, 0.717) is 11.8 Å². The van der Waals surface area contributed by atoms with Gasteiger partial charge < -0.3 is 15.0 Å². The maximum atomic E-state index is 5.04. The molecule has 5 heteroatoms. The first-order valence-electron chi connectivity index (χ1n) is 5.39. The Labute approximate surface area is 96.8 Å². The molecule has 1 N–H and O–H groups in total. The van der Waals surface area contributed by atoms with E-state index in [1.54, 1.807) is 19.5 Å². The molecule has 1 aromatic rings. The molecular weight excluding hydrogens is 204 g/mol. The summed E-state index contributed by atoms with van der Waals surface area (Å²) in [6.07, 6.45) is 3.35. The van der Waals surface area contributed by atoms with Crippen LogP contribution in [0.3, 0.4) is 0 Å². The van der Waals surface area contributed by atoms with Gasteiger partial charge in [0, 0.05) is 13.6 Å². The van der Waals surface area contributed by atoms with Crippen LogP contribution >= 0.6 is 0 Å². The molecule has 1 atom stereocenters. The number of anilines is 1. The molecule has 1 aromatic heterocycles. The number of methoxy groups -OCH3 is 1. The Morgan fingerprint density at radius 1 is 1.50 bits per heavy atom. The smallest absolute Gasteiger partial charge is 0.233 e. The topological polar surface area (TPSA) is 50.3 Å². The van der Waals surface area contributed by atoms with Gasteiger partial charge >= 0.3 is 0 Å². The highest BCUT2D eigenvalue weighted by atomic mass is 16.5. The van der Waals surface area contributed by atoms with Crippen LogP contribution in [0.1, 0.15) is 6.92 Å². The van der Waals surface area contributed by atoms with Crippen molar-refractivity contribution in [1.29, 1.82) is 0 Å². The molecular formula is C11H20N4O. The first kappa shape index (κ1) is 12.7. The summed E-state index contributed by atoms with van der Waals surface area (Å²) in [6.45, 7) is 4.12. The summed E-state index contributed by atoms with van der Waals surface area (Å²) in [7, 11) is 5.56. The van der Waals surface area contributed by atoms with E-state index in [0.717, 1.165) is 18.9 Å². The second kappa shape index (κ2) is 6.27. The SMILES string of the molecule is CNCC(C)CN(C)c1cncc(OC)n1. The summed E-state index contributed by atoms with van der Waals surface area (Å²) in [5.74, 6) is 1.94. The molecule has 0 aliphatic carbocycles. The average molecular weight is 224 g/mol. The lowest BCUT2D eigenvalue weighted by Gasteiger charge is -2.22. The first-order valence-corrected chi connectivity index (χ1v) is 5.39. The molecule has 0 saturated heterocycles. The molecule has 0 aromatic carbocycles. The molecule has 1 rings (SSSR count). The Morgan fingerprint density at radius 2 is 2.25 bits per heavy atom. The fourth-order valence-corrected chi connectivity index (χ4v) is 1.59. The van der Waals surface area contributed by atoms with E-state index in [2.05, 4.69) is 27.1 Å². The monoisotopic (exact) mass is 224 g/mol. The standard InChI is InChI=1S/C11H20N4O/c1-9(5-12-2)8-15(3)10-6-13-7-11(14-10)16-4/h6-7,9,12H,5,8H2,1-4H3. The van der Waals surface area contributed by atoms with Crippen molar-refractivity contribution in [2.24, 2.45) is 5.92 Å². The zero-order valence-corrected chi connectivity index (χ0v) is 10.4. The van der Waals surface area contributed by atoms with Gasteiger partial charge in [-0.15, -0.1) is 0 Å². The first-order chi connectivity index (χ1) is 7.67. The molecule has 5 nitrogen and oxygen atoms in total. The van der Waals surface area contributed by atoms with Crippen LogP contribution in [0.25, 0.3) is 0 Å². The van der Waals surface area contributed by atoms with Crippen LogP contribution in [0.5, 0.6) is 5.88 Å².